The second-order valence-electron chi connectivity index (χ2n) is 6.35. The van der Waals surface area contributed by atoms with Crippen LogP contribution in [0.5, 0.6) is 5.75 Å². The third-order valence-electron chi connectivity index (χ3n) is 4.22. The summed E-state index contributed by atoms with van der Waals surface area (Å²) >= 11 is 0. The fourth-order valence-corrected chi connectivity index (χ4v) is 2.86. The van der Waals surface area contributed by atoms with Crippen LogP contribution in [0.1, 0.15) is 39.6 Å². The second-order valence-corrected chi connectivity index (χ2v) is 6.35. The molecule has 0 atom stereocenters. The molecule has 3 rings (SSSR count). The van der Waals surface area contributed by atoms with Crippen LogP contribution >= 0.6 is 0 Å². The number of hydrogen-bond acceptors (Lipinski definition) is 4. The number of ether oxygens (including phenoxy) is 1. The lowest BCUT2D eigenvalue weighted by molar-refractivity contribution is -0.137. The van der Waals surface area contributed by atoms with E-state index < -0.39 is 36.0 Å². The molecule has 1 aliphatic rings. The maximum atomic E-state index is 13.0. The van der Waals surface area contributed by atoms with E-state index in [1.807, 2.05) is 6.92 Å². The first kappa shape index (κ1) is 20.4. The Morgan fingerprint density at radius 3 is 2.24 bits per heavy atom. The van der Waals surface area contributed by atoms with Crippen molar-refractivity contribution in [1.82, 2.24) is 4.90 Å². The van der Waals surface area contributed by atoms with Gasteiger partial charge >= 0.3 is 6.18 Å². The Morgan fingerprint density at radius 1 is 1.07 bits per heavy atom. The lowest BCUT2D eigenvalue weighted by Crippen LogP contribution is -2.37. The molecule has 2 aromatic rings. The number of nitrogens with one attached hydrogen (secondary N) is 1. The molecule has 3 amide bonds. The number of amides is 3. The molecule has 2 aromatic carbocycles. The van der Waals surface area contributed by atoms with Gasteiger partial charge in [0, 0.05) is 0 Å². The minimum absolute atomic E-state index is 0.0653. The normalized spacial score (nSPS) is 13.4. The number of alkyl halides is 3. The largest absolute Gasteiger partial charge is 0.491 e. The summed E-state index contributed by atoms with van der Waals surface area (Å²) in [6.45, 7) is 1.44. The summed E-state index contributed by atoms with van der Waals surface area (Å²) in [7, 11) is 0. The minimum Gasteiger partial charge on any atom is -0.491 e. The number of halogens is 3. The Kier molecular flexibility index (Phi) is 5.58. The van der Waals surface area contributed by atoms with Crippen LogP contribution in [-0.4, -0.2) is 35.8 Å². The Labute approximate surface area is 164 Å². The monoisotopic (exact) mass is 406 g/mol. The van der Waals surface area contributed by atoms with Crippen LogP contribution in [0.4, 0.5) is 18.9 Å². The van der Waals surface area contributed by atoms with Crippen molar-refractivity contribution in [1.29, 1.82) is 0 Å². The topological polar surface area (TPSA) is 75.7 Å². The van der Waals surface area contributed by atoms with Crippen LogP contribution in [0.3, 0.4) is 0 Å². The van der Waals surface area contributed by atoms with Gasteiger partial charge in [0.25, 0.3) is 11.8 Å². The second kappa shape index (κ2) is 7.94. The number of rotatable bonds is 6. The predicted octanol–water partition coefficient (Wildman–Crippen LogP) is 3.73. The number of carbonyl (C=O) groups is 3. The summed E-state index contributed by atoms with van der Waals surface area (Å²) in [5, 5.41) is 2.32. The van der Waals surface area contributed by atoms with Crippen molar-refractivity contribution in [3.63, 3.8) is 0 Å². The number of hydrogen-bond donors (Lipinski definition) is 1. The number of benzene rings is 2. The molecule has 0 aliphatic carbocycles. The molecular weight excluding hydrogens is 389 g/mol. The average Bonchev–Trinajstić information content (AvgIpc) is 2.91. The number of imide groups is 1. The van der Waals surface area contributed by atoms with Gasteiger partial charge in [-0.2, -0.15) is 13.2 Å². The summed E-state index contributed by atoms with van der Waals surface area (Å²) < 4.78 is 44.4. The first-order chi connectivity index (χ1) is 13.7. The van der Waals surface area contributed by atoms with E-state index in [1.165, 1.54) is 12.1 Å². The smallest absolute Gasteiger partial charge is 0.416 e. The summed E-state index contributed by atoms with van der Waals surface area (Å²) in [5.41, 5.74) is -0.792. The van der Waals surface area contributed by atoms with Crippen LogP contribution < -0.4 is 10.1 Å². The van der Waals surface area contributed by atoms with E-state index in [0.29, 0.717) is 6.42 Å². The van der Waals surface area contributed by atoms with E-state index in [2.05, 4.69) is 5.32 Å². The zero-order valence-electron chi connectivity index (χ0n) is 15.4. The van der Waals surface area contributed by atoms with E-state index in [0.717, 1.165) is 23.1 Å². The molecule has 0 aromatic heterocycles. The highest BCUT2D eigenvalue weighted by Crippen LogP contribution is 2.35. The minimum atomic E-state index is -4.61. The van der Waals surface area contributed by atoms with Crippen LogP contribution in [0, 0.1) is 0 Å². The number of nitrogens with zero attached hydrogens (tertiary/aromatic N) is 1. The molecule has 0 bridgehead atoms. The van der Waals surface area contributed by atoms with Gasteiger partial charge < -0.3 is 10.1 Å². The van der Waals surface area contributed by atoms with Crippen LogP contribution in [0.25, 0.3) is 0 Å². The Morgan fingerprint density at radius 2 is 1.69 bits per heavy atom. The standard InChI is InChI=1S/C20H17F3N2O4/c1-2-9-29-16-8-7-12(20(21,22)23)10-15(16)24-17(26)11-25-18(27)13-5-3-4-6-14(13)19(25)28/h3-8,10H,2,9,11H2,1H3,(H,24,26). The highest BCUT2D eigenvalue weighted by atomic mass is 19.4. The number of carbonyl (C=O) groups excluding carboxylic acids is 3. The molecule has 0 radical (unpaired) electrons. The van der Waals surface area contributed by atoms with Gasteiger partial charge in [0.1, 0.15) is 12.3 Å². The van der Waals surface area contributed by atoms with Crippen molar-refractivity contribution >= 4 is 23.4 Å². The van der Waals surface area contributed by atoms with Crippen molar-refractivity contribution in [2.45, 2.75) is 19.5 Å². The number of fused-ring (bicyclic) bond motifs is 1. The summed E-state index contributed by atoms with van der Waals surface area (Å²) in [6, 6.07) is 8.85. The van der Waals surface area contributed by atoms with E-state index in [-0.39, 0.29) is 29.2 Å². The molecule has 6 nitrogen and oxygen atoms in total. The highest BCUT2D eigenvalue weighted by Gasteiger charge is 2.36. The van der Waals surface area contributed by atoms with Gasteiger partial charge in [-0.1, -0.05) is 19.1 Å². The molecule has 0 saturated carbocycles. The SMILES string of the molecule is CCCOc1ccc(C(F)(F)F)cc1NC(=O)CN1C(=O)c2ccccc2C1=O. The van der Waals surface area contributed by atoms with Crippen molar-refractivity contribution < 1.29 is 32.3 Å². The maximum Gasteiger partial charge on any atom is 0.416 e. The molecular formula is C20H17F3N2O4. The van der Waals surface area contributed by atoms with Gasteiger partial charge in [-0.05, 0) is 36.8 Å². The highest BCUT2D eigenvalue weighted by molar-refractivity contribution is 6.22. The van der Waals surface area contributed by atoms with E-state index in [1.54, 1.807) is 12.1 Å². The van der Waals surface area contributed by atoms with Gasteiger partial charge in [-0.3, -0.25) is 19.3 Å². The zero-order chi connectivity index (χ0) is 21.2. The summed E-state index contributed by atoms with van der Waals surface area (Å²) in [5.74, 6) is -2.02. The first-order valence-electron chi connectivity index (χ1n) is 8.81. The summed E-state index contributed by atoms with van der Waals surface area (Å²) in [4.78, 5) is 37.8. The molecule has 29 heavy (non-hydrogen) atoms. The van der Waals surface area contributed by atoms with E-state index in [4.69, 9.17) is 4.74 Å². The molecule has 0 spiro atoms. The van der Waals surface area contributed by atoms with Gasteiger partial charge in [-0.15, -0.1) is 0 Å². The lowest BCUT2D eigenvalue weighted by Gasteiger charge is -2.17. The summed E-state index contributed by atoms with van der Waals surface area (Å²) in [6.07, 6.45) is -3.99. The van der Waals surface area contributed by atoms with Crippen LogP contribution in [0.2, 0.25) is 0 Å². The fourth-order valence-electron chi connectivity index (χ4n) is 2.86. The number of anilines is 1. The quantitative estimate of drug-likeness (QED) is 0.742. The van der Waals surface area contributed by atoms with E-state index >= 15 is 0 Å². The Hall–Kier alpha value is -3.36. The lowest BCUT2D eigenvalue weighted by atomic mass is 10.1. The molecule has 152 valence electrons. The first-order valence-corrected chi connectivity index (χ1v) is 8.81. The fraction of sp³-hybridized carbons (Fsp3) is 0.250. The third kappa shape index (κ3) is 4.23. The molecule has 9 heteroatoms. The van der Waals surface area contributed by atoms with Crippen molar-refractivity contribution in [2.75, 3.05) is 18.5 Å². The molecule has 1 heterocycles. The predicted molar refractivity (Wildman–Crippen MR) is 97.7 cm³/mol. The molecule has 1 aliphatic heterocycles. The van der Waals surface area contributed by atoms with Crippen LogP contribution in [-0.2, 0) is 11.0 Å². The van der Waals surface area contributed by atoms with Crippen LogP contribution in [0.15, 0.2) is 42.5 Å². The molecule has 0 unspecified atom stereocenters. The van der Waals surface area contributed by atoms with Gasteiger partial charge in [0.05, 0.1) is 29.0 Å². The Bertz CT molecular complexity index is 937. The zero-order valence-corrected chi connectivity index (χ0v) is 15.4. The van der Waals surface area contributed by atoms with Gasteiger partial charge in [0.15, 0.2) is 0 Å². The average molecular weight is 406 g/mol. The molecule has 0 fully saturated rings. The van der Waals surface area contributed by atoms with E-state index in [9.17, 15) is 27.6 Å². The third-order valence-corrected chi connectivity index (χ3v) is 4.22. The molecule has 0 saturated heterocycles. The Balaban J connectivity index is 1.79. The van der Waals surface area contributed by atoms with Crippen molar-refractivity contribution in [2.24, 2.45) is 0 Å². The molecule has 1 N–H and O–H groups in total. The maximum absolute atomic E-state index is 13.0. The van der Waals surface area contributed by atoms with Gasteiger partial charge in [-0.25, -0.2) is 0 Å². The van der Waals surface area contributed by atoms with Crippen molar-refractivity contribution in [3.8, 4) is 5.75 Å². The van der Waals surface area contributed by atoms with Crippen molar-refractivity contribution in [3.05, 3.63) is 59.2 Å². The van der Waals surface area contributed by atoms with Gasteiger partial charge in [0.2, 0.25) is 5.91 Å².